The summed E-state index contributed by atoms with van der Waals surface area (Å²) in [6, 6.07) is 0. The van der Waals surface area contributed by atoms with E-state index in [9.17, 15) is 4.79 Å². The molecule has 1 aliphatic carbocycles. The van der Waals surface area contributed by atoms with E-state index in [1.807, 2.05) is 0 Å². The van der Waals surface area contributed by atoms with E-state index in [-0.39, 0.29) is 0 Å². The van der Waals surface area contributed by atoms with Crippen LogP contribution in [0, 0.1) is 11.8 Å². The van der Waals surface area contributed by atoms with Crippen LogP contribution in [0.15, 0.2) is 0 Å². The van der Waals surface area contributed by atoms with Gasteiger partial charge >= 0.3 is 0 Å². The molecule has 3 heteroatoms. The first-order valence-corrected chi connectivity index (χ1v) is 6.84. The van der Waals surface area contributed by atoms with E-state index in [0.29, 0.717) is 17.7 Å². The fraction of sp³-hybridized carbons (Fsp3) is 0.923. The zero-order chi connectivity index (χ0) is 11.2. The lowest BCUT2D eigenvalue weighted by Gasteiger charge is -2.25. The van der Waals surface area contributed by atoms with Gasteiger partial charge in [-0.1, -0.05) is 19.3 Å². The highest BCUT2D eigenvalue weighted by Crippen LogP contribution is 2.23. The number of piperidine rings is 1. The topological polar surface area (TPSA) is 41.1 Å². The van der Waals surface area contributed by atoms with Crippen molar-refractivity contribution in [1.29, 1.82) is 0 Å². The van der Waals surface area contributed by atoms with Crippen LogP contribution in [0.2, 0.25) is 0 Å². The van der Waals surface area contributed by atoms with Gasteiger partial charge in [0.25, 0.3) is 0 Å². The number of carbonyl (C=O) groups excluding carboxylic acids is 1. The number of rotatable bonds is 3. The molecule has 92 valence electrons. The molecular formula is C13H24N2O. The Balaban J connectivity index is 1.65. The lowest BCUT2D eigenvalue weighted by molar-refractivity contribution is -0.126. The van der Waals surface area contributed by atoms with Gasteiger partial charge < -0.3 is 10.6 Å². The summed E-state index contributed by atoms with van der Waals surface area (Å²) < 4.78 is 0. The van der Waals surface area contributed by atoms with Crippen molar-refractivity contribution in [3.63, 3.8) is 0 Å². The zero-order valence-electron chi connectivity index (χ0n) is 10.1. The fourth-order valence-electron chi connectivity index (χ4n) is 2.84. The molecule has 0 aromatic heterocycles. The summed E-state index contributed by atoms with van der Waals surface area (Å²) >= 11 is 0. The van der Waals surface area contributed by atoms with Crippen molar-refractivity contribution in [3.05, 3.63) is 0 Å². The lowest BCUT2D eigenvalue weighted by Crippen LogP contribution is -2.38. The molecule has 0 unspecified atom stereocenters. The maximum Gasteiger partial charge on any atom is 0.223 e. The van der Waals surface area contributed by atoms with Crippen molar-refractivity contribution in [2.45, 2.75) is 44.9 Å². The van der Waals surface area contributed by atoms with Crippen molar-refractivity contribution in [2.75, 3.05) is 19.6 Å². The van der Waals surface area contributed by atoms with E-state index in [0.717, 1.165) is 32.5 Å². The van der Waals surface area contributed by atoms with Gasteiger partial charge in [0.1, 0.15) is 0 Å². The predicted molar refractivity (Wildman–Crippen MR) is 65.2 cm³/mol. The summed E-state index contributed by atoms with van der Waals surface area (Å²) in [5.74, 6) is 1.34. The first-order chi connectivity index (χ1) is 7.86. The zero-order valence-corrected chi connectivity index (χ0v) is 10.1. The van der Waals surface area contributed by atoms with Crippen molar-refractivity contribution in [2.24, 2.45) is 11.8 Å². The van der Waals surface area contributed by atoms with Crippen molar-refractivity contribution in [3.8, 4) is 0 Å². The van der Waals surface area contributed by atoms with E-state index in [1.165, 1.54) is 32.1 Å². The maximum absolute atomic E-state index is 11.9. The Kier molecular flexibility index (Phi) is 4.64. The summed E-state index contributed by atoms with van der Waals surface area (Å²) in [6.07, 6.45) is 8.45. The molecule has 1 amide bonds. The van der Waals surface area contributed by atoms with Crippen molar-refractivity contribution in [1.82, 2.24) is 10.6 Å². The Morgan fingerprint density at radius 1 is 1.06 bits per heavy atom. The van der Waals surface area contributed by atoms with Crippen LogP contribution in [-0.4, -0.2) is 25.5 Å². The molecule has 0 aromatic carbocycles. The Morgan fingerprint density at radius 2 is 1.75 bits per heavy atom. The van der Waals surface area contributed by atoms with Gasteiger partial charge in [-0.05, 0) is 44.7 Å². The molecule has 16 heavy (non-hydrogen) atoms. The highest BCUT2D eigenvalue weighted by Gasteiger charge is 2.22. The largest absolute Gasteiger partial charge is 0.356 e. The third-order valence-corrected chi connectivity index (χ3v) is 4.00. The van der Waals surface area contributed by atoms with Crippen molar-refractivity contribution < 1.29 is 4.79 Å². The number of carbonyl (C=O) groups is 1. The summed E-state index contributed by atoms with van der Waals surface area (Å²) in [6.45, 7) is 3.13. The number of amides is 1. The minimum atomic E-state index is 0.315. The second-order valence-electron chi connectivity index (χ2n) is 5.27. The van der Waals surface area contributed by atoms with Gasteiger partial charge in [0.2, 0.25) is 5.91 Å². The molecule has 1 heterocycles. The van der Waals surface area contributed by atoms with Gasteiger partial charge in [0.05, 0.1) is 0 Å². The predicted octanol–water partition coefficient (Wildman–Crippen LogP) is 1.68. The summed E-state index contributed by atoms with van der Waals surface area (Å²) in [7, 11) is 0. The van der Waals surface area contributed by atoms with E-state index in [1.54, 1.807) is 0 Å². The number of hydrogen-bond donors (Lipinski definition) is 2. The molecule has 2 aliphatic rings. The second-order valence-corrected chi connectivity index (χ2v) is 5.27. The second kappa shape index (κ2) is 6.24. The Bertz CT molecular complexity index is 218. The van der Waals surface area contributed by atoms with Crippen LogP contribution >= 0.6 is 0 Å². The van der Waals surface area contributed by atoms with Crippen LogP contribution in [-0.2, 0) is 4.79 Å². The van der Waals surface area contributed by atoms with Crippen LogP contribution in [0.1, 0.15) is 44.9 Å². The van der Waals surface area contributed by atoms with Gasteiger partial charge in [-0.25, -0.2) is 0 Å². The van der Waals surface area contributed by atoms with E-state index in [2.05, 4.69) is 10.6 Å². The standard InChI is InChI=1S/C13H24N2O/c16-13(12-4-2-1-3-5-12)15-10-11-6-8-14-9-7-11/h11-12,14H,1-10H2,(H,15,16). The van der Waals surface area contributed by atoms with Gasteiger partial charge in [0, 0.05) is 12.5 Å². The van der Waals surface area contributed by atoms with E-state index in [4.69, 9.17) is 0 Å². The molecule has 1 saturated heterocycles. The molecule has 0 aromatic rings. The molecular weight excluding hydrogens is 200 g/mol. The van der Waals surface area contributed by atoms with E-state index < -0.39 is 0 Å². The van der Waals surface area contributed by atoms with Gasteiger partial charge in [0.15, 0.2) is 0 Å². The first kappa shape index (κ1) is 11.9. The lowest BCUT2D eigenvalue weighted by atomic mass is 9.88. The molecule has 3 nitrogen and oxygen atoms in total. The quantitative estimate of drug-likeness (QED) is 0.766. The molecule has 1 aliphatic heterocycles. The molecule has 0 bridgehead atoms. The Labute approximate surface area is 98.4 Å². The van der Waals surface area contributed by atoms with Crippen LogP contribution in [0.3, 0.4) is 0 Å². The van der Waals surface area contributed by atoms with Crippen molar-refractivity contribution >= 4 is 5.91 Å². The summed E-state index contributed by atoms with van der Waals surface area (Å²) in [5, 5.41) is 6.51. The molecule has 2 N–H and O–H groups in total. The fourth-order valence-corrected chi connectivity index (χ4v) is 2.84. The first-order valence-electron chi connectivity index (χ1n) is 6.84. The average Bonchev–Trinajstić information content (AvgIpc) is 2.38. The van der Waals surface area contributed by atoms with E-state index >= 15 is 0 Å². The minimum absolute atomic E-state index is 0.315. The average molecular weight is 224 g/mol. The SMILES string of the molecule is O=C(NCC1CCNCC1)C1CCCCC1. The molecule has 1 saturated carbocycles. The number of nitrogens with one attached hydrogen (secondary N) is 2. The Morgan fingerprint density at radius 3 is 2.44 bits per heavy atom. The van der Waals surface area contributed by atoms with Crippen LogP contribution < -0.4 is 10.6 Å². The third-order valence-electron chi connectivity index (χ3n) is 4.00. The maximum atomic E-state index is 11.9. The molecule has 2 fully saturated rings. The highest BCUT2D eigenvalue weighted by atomic mass is 16.1. The minimum Gasteiger partial charge on any atom is -0.356 e. The van der Waals surface area contributed by atoms with Crippen LogP contribution in [0.25, 0.3) is 0 Å². The highest BCUT2D eigenvalue weighted by molar-refractivity contribution is 5.78. The molecule has 2 rings (SSSR count). The monoisotopic (exact) mass is 224 g/mol. The third kappa shape index (κ3) is 3.48. The van der Waals surface area contributed by atoms with Crippen LogP contribution in [0.5, 0.6) is 0 Å². The molecule has 0 radical (unpaired) electrons. The van der Waals surface area contributed by atoms with Gasteiger partial charge in [-0.2, -0.15) is 0 Å². The normalized spacial score (nSPS) is 24.2. The summed E-state index contributed by atoms with van der Waals surface area (Å²) in [4.78, 5) is 11.9. The molecule has 0 spiro atoms. The summed E-state index contributed by atoms with van der Waals surface area (Å²) in [5.41, 5.74) is 0. The molecule has 0 atom stereocenters. The Hall–Kier alpha value is -0.570. The smallest absolute Gasteiger partial charge is 0.223 e. The van der Waals surface area contributed by atoms with Gasteiger partial charge in [-0.3, -0.25) is 4.79 Å². The number of hydrogen-bond acceptors (Lipinski definition) is 2. The van der Waals surface area contributed by atoms with Crippen LogP contribution in [0.4, 0.5) is 0 Å². The van der Waals surface area contributed by atoms with Gasteiger partial charge in [-0.15, -0.1) is 0 Å².